The number of rotatable bonds is 3. The van der Waals surface area contributed by atoms with E-state index >= 15 is 0 Å². The van der Waals surface area contributed by atoms with Crippen molar-refractivity contribution in [2.75, 3.05) is 12.4 Å². The van der Waals surface area contributed by atoms with Gasteiger partial charge in [-0.05, 0) is 18.2 Å². The number of thiol groups is 1. The summed E-state index contributed by atoms with van der Waals surface area (Å²) >= 11 is 15.5. The van der Waals surface area contributed by atoms with E-state index in [4.69, 9.17) is 27.9 Å². The third-order valence-electron chi connectivity index (χ3n) is 1.24. The van der Waals surface area contributed by atoms with Crippen molar-refractivity contribution >= 4 is 35.8 Å². The Kier molecular flexibility index (Phi) is 4.06. The monoisotopic (exact) mass is 222 g/mol. The third-order valence-corrected chi connectivity index (χ3v) is 1.96. The molecule has 12 heavy (non-hydrogen) atoms. The molecule has 0 aliphatic carbocycles. The summed E-state index contributed by atoms with van der Waals surface area (Å²) in [6.45, 7) is 0.546. The van der Waals surface area contributed by atoms with Crippen LogP contribution in [0, 0.1) is 0 Å². The lowest BCUT2D eigenvalue weighted by molar-refractivity contribution is 0.344. The van der Waals surface area contributed by atoms with E-state index in [1.165, 1.54) is 0 Å². The first-order chi connectivity index (χ1) is 5.74. The van der Waals surface area contributed by atoms with Crippen LogP contribution in [0.25, 0.3) is 0 Å². The second-order valence-corrected chi connectivity index (χ2v) is 3.44. The average Bonchev–Trinajstić information content (AvgIpc) is 2.03. The minimum absolute atomic E-state index is 0.532. The van der Waals surface area contributed by atoms with Crippen LogP contribution in [-0.2, 0) is 0 Å². The molecule has 0 saturated carbocycles. The molecule has 0 aromatic heterocycles. The van der Waals surface area contributed by atoms with Crippen molar-refractivity contribution in [1.82, 2.24) is 0 Å². The predicted octanol–water partition coefficient (Wildman–Crippen LogP) is 3.30. The molecule has 0 unspecified atom stereocenters. The van der Waals surface area contributed by atoms with Gasteiger partial charge >= 0.3 is 0 Å². The van der Waals surface area contributed by atoms with Gasteiger partial charge in [0, 0.05) is 10.8 Å². The zero-order chi connectivity index (χ0) is 8.97. The summed E-state index contributed by atoms with van der Waals surface area (Å²) in [4.78, 5) is 0. The van der Waals surface area contributed by atoms with E-state index < -0.39 is 0 Å². The van der Waals surface area contributed by atoms with Gasteiger partial charge in [-0.1, -0.05) is 23.2 Å². The van der Waals surface area contributed by atoms with Gasteiger partial charge in [-0.2, -0.15) is 12.6 Å². The highest BCUT2D eigenvalue weighted by Gasteiger charge is 2.00. The second kappa shape index (κ2) is 4.85. The van der Waals surface area contributed by atoms with Gasteiger partial charge in [0.05, 0.1) is 11.6 Å². The first-order valence-corrected chi connectivity index (χ1v) is 4.81. The minimum Gasteiger partial charge on any atom is -0.491 e. The first-order valence-electron chi connectivity index (χ1n) is 3.43. The highest BCUT2D eigenvalue weighted by Crippen LogP contribution is 2.27. The molecule has 0 amide bonds. The van der Waals surface area contributed by atoms with E-state index in [1.807, 2.05) is 0 Å². The van der Waals surface area contributed by atoms with E-state index in [-0.39, 0.29) is 0 Å². The van der Waals surface area contributed by atoms with Gasteiger partial charge < -0.3 is 4.74 Å². The summed E-state index contributed by atoms with van der Waals surface area (Å²) < 4.78 is 5.27. The molecule has 0 fully saturated rings. The van der Waals surface area contributed by atoms with Crippen molar-refractivity contribution in [3.05, 3.63) is 28.2 Å². The lowest BCUT2D eigenvalue weighted by atomic mass is 10.3. The molecule has 0 bridgehead atoms. The van der Waals surface area contributed by atoms with E-state index in [1.54, 1.807) is 18.2 Å². The Morgan fingerprint density at radius 3 is 2.67 bits per heavy atom. The Hall–Kier alpha value is -0.0500. The Morgan fingerprint density at radius 1 is 1.33 bits per heavy atom. The Balaban J connectivity index is 2.72. The van der Waals surface area contributed by atoms with Gasteiger partial charge in [0.1, 0.15) is 5.75 Å². The quantitative estimate of drug-likeness (QED) is 0.773. The summed E-state index contributed by atoms with van der Waals surface area (Å²) in [5, 5.41) is 1.14. The van der Waals surface area contributed by atoms with Gasteiger partial charge in [-0.15, -0.1) is 0 Å². The van der Waals surface area contributed by atoms with Crippen molar-refractivity contribution in [2.24, 2.45) is 0 Å². The van der Waals surface area contributed by atoms with Gasteiger partial charge in [0.2, 0.25) is 0 Å². The van der Waals surface area contributed by atoms with Crippen LogP contribution in [0.5, 0.6) is 5.75 Å². The standard InChI is InChI=1S/C8H8Cl2OS/c9-6-1-2-8(7(10)5-6)11-3-4-12/h1-2,5,12H,3-4H2. The zero-order valence-electron chi connectivity index (χ0n) is 6.26. The molecule has 0 heterocycles. The molecule has 0 N–H and O–H groups in total. The fourth-order valence-electron chi connectivity index (χ4n) is 0.748. The molecular weight excluding hydrogens is 215 g/mol. The van der Waals surface area contributed by atoms with Crippen LogP contribution in [0.4, 0.5) is 0 Å². The van der Waals surface area contributed by atoms with Gasteiger partial charge in [-0.25, -0.2) is 0 Å². The molecule has 1 nitrogen and oxygen atoms in total. The molecule has 0 aliphatic rings. The molecule has 0 radical (unpaired) electrons. The molecule has 4 heteroatoms. The molecule has 0 aliphatic heterocycles. The normalized spacial score (nSPS) is 9.92. The number of hydrogen-bond acceptors (Lipinski definition) is 2. The minimum atomic E-state index is 0.532. The molecule has 1 aromatic carbocycles. The van der Waals surface area contributed by atoms with Crippen LogP contribution in [-0.4, -0.2) is 12.4 Å². The maximum atomic E-state index is 5.83. The molecule has 0 atom stereocenters. The van der Waals surface area contributed by atoms with Crippen LogP contribution < -0.4 is 4.74 Å². The second-order valence-electron chi connectivity index (χ2n) is 2.15. The maximum Gasteiger partial charge on any atom is 0.138 e. The summed E-state index contributed by atoms with van der Waals surface area (Å²) in [7, 11) is 0. The molecule has 1 rings (SSSR count). The summed E-state index contributed by atoms with van der Waals surface area (Å²) in [6, 6.07) is 5.13. The fraction of sp³-hybridized carbons (Fsp3) is 0.250. The molecule has 0 spiro atoms. The smallest absolute Gasteiger partial charge is 0.138 e. The highest BCUT2D eigenvalue weighted by atomic mass is 35.5. The highest BCUT2D eigenvalue weighted by molar-refractivity contribution is 7.80. The first kappa shape index (κ1) is 10.0. The molecular formula is C8H8Cl2OS. The molecule has 1 aromatic rings. The number of hydrogen-bond donors (Lipinski definition) is 1. The SMILES string of the molecule is SCCOc1ccc(Cl)cc1Cl. The van der Waals surface area contributed by atoms with Crippen molar-refractivity contribution < 1.29 is 4.74 Å². The Morgan fingerprint density at radius 2 is 2.08 bits per heavy atom. The van der Waals surface area contributed by atoms with Crippen molar-refractivity contribution in [3.63, 3.8) is 0 Å². The van der Waals surface area contributed by atoms with Crippen molar-refractivity contribution in [2.45, 2.75) is 0 Å². The molecule has 0 saturated heterocycles. The average molecular weight is 223 g/mol. The lowest BCUT2D eigenvalue weighted by Gasteiger charge is -2.05. The van der Waals surface area contributed by atoms with Gasteiger partial charge in [-0.3, -0.25) is 0 Å². The zero-order valence-corrected chi connectivity index (χ0v) is 8.66. The largest absolute Gasteiger partial charge is 0.491 e. The van der Waals surface area contributed by atoms with E-state index in [9.17, 15) is 0 Å². The van der Waals surface area contributed by atoms with Crippen LogP contribution in [0.2, 0.25) is 10.0 Å². The van der Waals surface area contributed by atoms with Crippen LogP contribution >= 0.6 is 35.8 Å². The van der Waals surface area contributed by atoms with Crippen molar-refractivity contribution in [3.8, 4) is 5.75 Å². The topological polar surface area (TPSA) is 9.23 Å². The van der Waals surface area contributed by atoms with E-state index in [0.29, 0.717) is 28.2 Å². The number of benzene rings is 1. The lowest BCUT2D eigenvalue weighted by Crippen LogP contribution is -1.98. The Labute approximate surface area is 87.0 Å². The van der Waals surface area contributed by atoms with E-state index in [2.05, 4.69) is 12.6 Å². The van der Waals surface area contributed by atoms with Crippen LogP contribution in [0.15, 0.2) is 18.2 Å². The maximum absolute atomic E-state index is 5.83. The predicted molar refractivity (Wildman–Crippen MR) is 55.8 cm³/mol. The molecule has 66 valence electrons. The number of ether oxygens (including phenoxy) is 1. The third kappa shape index (κ3) is 2.77. The van der Waals surface area contributed by atoms with Crippen molar-refractivity contribution in [1.29, 1.82) is 0 Å². The van der Waals surface area contributed by atoms with Crippen LogP contribution in [0.1, 0.15) is 0 Å². The summed E-state index contributed by atoms with van der Waals surface area (Å²) in [6.07, 6.45) is 0. The summed E-state index contributed by atoms with van der Waals surface area (Å²) in [5.74, 6) is 1.31. The fourth-order valence-corrected chi connectivity index (χ4v) is 1.30. The van der Waals surface area contributed by atoms with Gasteiger partial charge in [0.15, 0.2) is 0 Å². The van der Waals surface area contributed by atoms with E-state index in [0.717, 1.165) is 0 Å². The number of halogens is 2. The van der Waals surface area contributed by atoms with Crippen LogP contribution in [0.3, 0.4) is 0 Å². The van der Waals surface area contributed by atoms with Gasteiger partial charge in [0.25, 0.3) is 0 Å². The Bertz CT molecular complexity index is 265. The summed E-state index contributed by atoms with van der Waals surface area (Å²) in [5.41, 5.74) is 0.